The van der Waals surface area contributed by atoms with E-state index in [2.05, 4.69) is 34.2 Å². The summed E-state index contributed by atoms with van der Waals surface area (Å²) in [5.41, 5.74) is 3.35. The van der Waals surface area contributed by atoms with Crippen LogP contribution in [0.3, 0.4) is 0 Å². The van der Waals surface area contributed by atoms with Gasteiger partial charge in [-0.3, -0.25) is 14.2 Å². The maximum absolute atomic E-state index is 15.2. The van der Waals surface area contributed by atoms with Crippen molar-refractivity contribution in [3.8, 4) is 11.5 Å². The van der Waals surface area contributed by atoms with Crippen LogP contribution in [0.2, 0.25) is 0 Å². The van der Waals surface area contributed by atoms with Crippen LogP contribution < -0.4 is 9.47 Å². The molecule has 2 atom stereocenters. The summed E-state index contributed by atoms with van der Waals surface area (Å²) in [6.07, 6.45) is 7.47. The number of ether oxygens (including phenoxy) is 3. The zero-order valence-electron chi connectivity index (χ0n) is 23.9. The van der Waals surface area contributed by atoms with E-state index in [0.29, 0.717) is 26.0 Å². The van der Waals surface area contributed by atoms with E-state index >= 15 is 4.39 Å². The first-order chi connectivity index (χ1) is 20.0. The van der Waals surface area contributed by atoms with Gasteiger partial charge in [0.2, 0.25) is 0 Å². The number of aromatic nitrogens is 2. The molecule has 9 heteroatoms. The fourth-order valence-electron chi connectivity index (χ4n) is 6.83. The normalized spacial score (nSPS) is 24.7. The zero-order valence-corrected chi connectivity index (χ0v) is 23.9. The first-order valence-corrected chi connectivity index (χ1v) is 15.2. The molecular formula is C32H40F2N4O3. The molecule has 7 nitrogen and oxygen atoms in total. The van der Waals surface area contributed by atoms with E-state index in [-0.39, 0.29) is 24.9 Å². The molecule has 0 N–H and O–H groups in total. The molecule has 7 rings (SSSR count). The third-order valence-electron chi connectivity index (χ3n) is 9.32. The maximum atomic E-state index is 15.2. The largest absolute Gasteiger partial charge is 0.496 e. The standard InChI is InChI=1S/C32H40F2N4O3/c1-39-29-16-23(40-15-13-36-18-22(17-33)19-36)5-6-26(29)31-25-7-8-28-27(20-38(35-28)30-4-2-3-14-41-30)24(25)9-12-37(31)21-32(34)10-11-32/h5-8,16,20,22,30-31H,2-4,9-15,17-19,21H2,1H3. The number of alkyl halides is 2. The van der Waals surface area contributed by atoms with Gasteiger partial charge < -0.3 is 14.2 Å². The number of benzene rings is 2. The lowest BCUT2D eigenvalue weighted by Crippen LogP contribution is -2.49. The van der Waals surface area contributed by atoms with Gasteiger partial charge in [-0.25, -0.2) is 9.07 Å². The van der Waals surface area contributed by atoms with Crippen molar-refractivity contribution in [1.82, 2.24) is 19.6 Å². The molecule has 2 unspecified atom stereocenters. The summed E-state index contributed by atoms with van der Waals surface area (Å²) in [4.78, 5) is 4.50. The summed E-state index contributed by atoms with van der Waals surface area (Å²) in [5.74, 6) is 1.65. The highest BCUT2D eigenvalue weighted by Crippen LogP contribution is 2.47. The number of methoxy groups -OCH3 is 1. The molecule has 0 spiro atoms. The third-order valence-corrected chi connectivity index (χ3v) is 9.32. The van der Waals surface area contributed by atoms with Gasteiger partial charge in [0.25, 0.3) is 0 Å². The van der Waals surface area contributed by atoms with Gasteiger partial charge in [0.05, 0.1) is 25.3 Å². The molecule has 4 heterocycles. The predicted octanol–water partition coefficient (Wildman–Crippen LogP) is 5.47. The minimum Gasteiger partial charge on any atom is -0.496 e. The van der Waals surface area contributed by atoms with Crippen molar-refractivity contribution >= 4 is 10.9 Å². The molecule has 41 heavy (non-hydrogen) atoms. The Labute approximate surface area is 240 Å². The second kappa shape index (κ2) is 11.2. The number of nitrogens with zero attached hydrogens (tertiary/aromatic N) is 4. The van der Waals surface area contributed by atoms with E-state index in [1.807, 2.05) is 16.8 Å². The molecule has 2 aromatic carbocycles. The number of halogens is 2. The summed E-state index contributed by atoms with van der Waals surface area (Å²) in [6, 6.07) is 10.1. The maximum Gasteiger partial charge on any atom is 0.150 e. The van der Waals surface area contributed by atoms with Crippen molar-refractivity contribution in [3.63, 3.8) is 0 Å². The molecule has 4 aliphatic rings. The Morgan fingerprint density at radius 2 is 1.98 bits per heavy atom. The predicted molar refractivity (Wildman–Crippen MR) is 153 cm³/mol. The van der Waals surface area contributed by atoms with Gasteiger partial charge in [0.15, 0.2) is 0 Å². The van der Waals surface area contributed by atoms with Crippen LogP contribution in [0.15, 0.2) is 36.5 Å². The van der Waals surface area contributed by atoms with E-state index in [1.54, 1.807) is 7.11 Å². The van der Waals surface area contributed by atoms with E-state index in [0.717, 1.165) is 86.4 Å². The van der Waals surface area contributed by atoms with E-state index in [1.165, 1.54) is 11.1 Å². The lowest BCUT2D eigenvalue weighted by atomic mass is 9.85. The lowest BCUT2D eigenvalue weighted by Gasteiger charge is -2.39. The highest BCUT2D eigenvalue weighted by molar-refractivity contribution is 5.84. The zero-order chi connectivity index (χ0) is 28.0. The third kappa shape index (κ3) is 5.44. The first kappa shape index (κ1) is 27.1. The highest BCUT2D eigenvalue weighted by atomic mass is 19.1. The minimum atomic E-state index is -1.10. The van der Waals surface area contributed by atoms with Crippen LogP contribution in [-0.4, -0.2) is 85.0 Å². The monoisotopic (exact) mass is 566 g/mol. The van der Waals surface area contributed by atoms with Gasteiger partial charge in [-0.15, -0.1) is 0 Å². The van der Waals surface area contributed by atoms with E-state index < -0.39 is 5.67 Å². The Morgan fingerprint density at radius 1 is 1.12 bits per heavy atom. The van der Waals surface area contributed by atoms with E-state index in [4.69, 9.17) is 19.3 Å². The van der Waals surface area contributed by atoms with Crippen LogP contribution in [0, 0.1) is 5.92 Å². The average Bonchev–Trinajstić information content (AvgIpc) is 3.53. The molecule has 0 radical (unpaired) electrons. The van der Waals surface area contributed by atoms with Gasteiger partial charge in [0, 0.05) is 68.5 Å². The molecule has 3 aliphatic heterocycles. The van der Waals surface area contributed by atoms with Crippen LogP contribution >= 0.6 is 0 Å². The van der Waals surface area contributed by atoms with Crippen molar-refractivity contribution in [3.05, 3.63) is 53.2 Å². The Hall–Kier alpha value is -2.75. The van der Waals surface area contributed by atoms with Crippen molar-refractivity contribution in [2.45, 2.75) is 56.5 Å². The molecule has 1 aliphatic carbocycles. The SMILES string of the molecule is COc1cc(OCCN2CC(CF)C2)ccc1C1c2ccc3nn(C4CCCCO4)cc3c2CCN1CC1(F)CC1. The number of rotatable bonds is 10. The number of hydrogen-bond acceptors (Lipinski definition) is 6. The Bertz CT molecular complexity index is 1380. The fraction of sp³-hybridized carbons (Fsp3) is 0.594. The van der Waals surface area contributed by atoms with Crippen molar-refractivity contribution in [2.75, 3.05) is 59.7 Å². The smallest absolute Gasteiger partial charge is 0.150 e. The molecular weight excluding hydrogens is 526 g/mol. The number of hydrogen-bond donors (Lipinski definition) is 0. The van der Waals surface area contributed by atoms with Gasteiger partial charge in [-0.2, -0.15) is 5.10 Å². The van der Waals surface area contributed by atoms with Gasteiger partial charge in [0.1, 0.15) is 30.0 Å². The summed E-state index contributed by atoms with van der Waals surface area (Å²) >= 11 is 0. The highest BCUT2D eigenvalue weighted by Gasteiger charge is 2.47. The number of likely N-dealkylation sites (tertiary alicyclic amines) is 1. The molecule has 0 bridgehead atoms. The van der Waals surface area contributed by atoms with Crippen LogP contribution in [0.1, 0.15) is 61.1 Å². The summed E-state index contributed by atoms with van der Waals surface area (Å²) in [6.45, 7) is 4.63. The van der Waals surface area contributed by atoms with Gasteiger partial charge >= 0.3 is 0 Å². The van der Waals surface area contributed by atoms with Crippen LogP contribution in [-0.2, 0) is 11.2 Å². The van der Waals surface area contributed by atoms with Crippen molar-refractivity contribution < 1.29 is 23.0 Å². The summed E-state index contributed by atoms with van der Waals surface area (Å²) < 4.78 is 47.9. The Kier molecular flexibility index (Phi) is 7.37. The second-order valence-corrected chi connectivity index (χ2v) is 12.3. The van der Waals surface area contributed by atoms with Gasteiger partial charge in [-0.1, -0.05) is 6.07 Å². The molecule has 3 fully saturated rings. The minimum absolute atomic E-state index is 0.0113. The average molecular weight is 567 g/mol. The van der Waals surface area contributed by atoms with Crippen molar-refractivity contribution in [1.29, 1.82) is 0 Å². The molecule has 0 amide bonds. The van der Waals surface area contributed by atoms with Gasteiger partial charge in [-0.05, 0) is 67.9 Å². The fourth-order valence-corrected chi connectivity index (χ4v) is 6.83. The molecule has 2 saturated heterocycles. The molecule has 220 valence electrons. The van der Waals surface area contributed by atoms with Crippen molar-refractivity contribution in [2.24, 2.45) is 5.92 Å². The lowest BCUT2D eigenvalue weighted by molar-refractivity contribution is -0.0390. The van der Waals surface area contributed by atoms with Crippen LogP contribution in [0.25, 0.3) is 10.9 Å². The molecule has 3 aromatic rings. The van der Waals surface area contributed by atoms with Crippen LogP contribution in [0.4, 0.5) is 8.78 Å². The topological polar surface area (TPSA) is 52.0 Å². The molecule has 1 saturated carbocycles. The Morgan fingerprint density at radius 3 is 2.73 bits per heavy atom. The summed E-state index contributed by atoms with van der Waals surface area (Å²) in [5, 5.41) is 6.05. The second-order valence-electron chi connectivity index (χ2n) is 12.3. The molecule has 1 aromatic heterocycles. The van der Waals surface area contributed by atoms with Crippen LogP contribution in [0.5, 0.6) is 11.5 Å². The first-order valence-electron chi connectivity index (χ1n) is 15.2. The number of fused-ring (bicyclic) bond motifs is 3. The quantitative estimate of drug-likeness (QED) is 0.324. The summed E-state index contributed by atoms with van der Waals surface area (Å²) in [7, 11) is 1.68. The Balaban J connectivity index is 1.18. The van der Waals surface area contributed by atoms with E-state index in [9.17, 15) is 4.39 Å².